The highest BCUT2D eigenvalue weighted by molar-refractivity contribution is 6.03. The van der Waals surface area contributed by atoms with Gasteiger partial charge in [-0.3, -0.25) is 0 Å². The first kappa shape index (κ1) is 13.7. The van der Waals surface area contributed by atoms with Crippen LogP contribution in [0.5, 0.6) is 0 Å². The van der Waals surface area contributed by atoms with E-state index in [-0.39, 0.29) is 5.56 Å². The normalized spacial score (nSPS) is 11.6. The van der Waals surface area contributed by atoms with Crippen LogP contribution in [0.2, 0.25) is 0 Å². The second-order valence-corrected chi connectivity index (χ2v) is 4.34. The van der Waals surface area contributed by atoms with Gasteiger partial charge in [0.25, 0.3) is 0 Å². The number of aryl methyl sites for hydroxylation is 2. The number of carbonyl (C=O) groups is 1. The monoisotopic (exact) mass is 269 g/mol. The SMILES string of the molecule is C=C/C=C(\C=C)n1nc(C)c2c(C(=O)O)cc(C)nc21. The fraction of sp³-hybridized carbons (Fsp3) is 0.133. The number of pyridine rings is 1. The minimum Gasteiger partial charge on any atom is -0.478 e. The molecule has 2 aromatic rings. The van der Waals surface area contributed by atoms with Crippen LogP contribution in [-0.4, -0.2) is 25.8 Å². The van der Waals surface area contributed by atoms with Crippen molar-refractivity contribution >= 4 is 22.7 Å². The largest absolute Gasteiger partial charge is 0.478 e. The van der Waals surface area contributed by atoms with E-state index in [1.165, 1.54) is 0 Å². The quantitative estimate of drug-likeness (QED) is 0.866. The van der Waals surface area contributed by atoms with Crippen molar-refractivity contribution in [2.24, 2.45) is 0 Å². The van der Waals surface area contributed by atoms with Gasteiger partial charge in [0.1, 0.15) is 0 Å². The van der Waals surface area contributed by atoms with E-state index < -0.39 is 5.97 Å². The molecule has 0 fully saturated rings. The van der Waals surface area contributed by atoms with E-state index in [4.69, 9.17) is 0 Å². The smallest absolute Gasteiger partial charge is 0.336 e. The number of hydrogen-bond acceptors (Lipinski definition) is 3. The van der Waals surface area contributed by atoms with Gasteiger partial charge in [-0.1, -0.05) is 19.2 Å². The van der Waals surface area contributed by atoms with E-state index in [2.05, 4.69) is 23.2 Å². The lowest BCUT2D eigenvalue weighted by Gasteiger charge is -2.04. The number of nitrogens with zero attached hydrogens (tertiary/aromatic N) is 3. The van der Waals surface area contributed by atoms with Gasteiger partial charge in [-0.25, -0.2) is 14.5 Å². The molecule has 0 aliphatic rings. The summed E-state index contributed by atoms with van der Waals surface area (Å²) in [5, 5.41) is 14.2. The van der Waals surface area contributed by atoms with Gasteiger partial charge in [0.05, 0.1) is 22.3 Å². The van der Waals surface area contributed by atoms with E-state index in [1.807, 2.05) is 0 Å². The van der Waals surface area contributed by atoms with Crippen LogP contribution in [0.25, 0.3) is 16.7 Å². The van der Waals surface area contributed by atoms with Crippen molar-refractivity contribution in [3.05, 3.63) is 54.4 Å². The molecule has 20 heavy (non-hydrogen) atoms. The molecule has 5 heteroatoms. The molecule has 1 N–H and O–H groups in total. The second-order valence-electron chi connectivity index (χ2n) is 4.34. The summed E-state index contributed by atoms with van der Waals surface area (Å²) in [6.45, 7) is 10.9. The third-order valence-corrected chi connectivity index (χ3v) is 2.91. The summed E-state index contributed by atoms with van der Waals surface area (Å²) < 4.78 is 1.58. The van der Waals surface area contributed by atoms with E-state index in [0.29, 0.717) is 28.1 Å². The Balaban J connectivity index is 2.90. The lowest BCUT2D eigenvalue weighted by molar-refractivity contribution is 0.0699. The number of aromatic nitrogens is 3. The maximum absolute atomic E-state index is 11.4. The Bertz CT molecular complexity index is 754. The molecule has 2 rings (SSSR count). The van der Waals surface area contributed by atoms with Crippen molar-refractivity contribution in [1.29, 1.82) is 0 Å². The Hall–Kier alpha value is -2.69. The Morgan fingerprint density at radius 1 is 1.40 bits per heavy atom. The molecule has 5 nitrogen and oxygen atoms in total. The Morgan fingerprint density at radius 2 is 2.10 bits per heavy atom. The van der Waals surface area contributed by atoms with Gasteiger partial charge in [-0.15, -0.1) is 0 Å². The Morgan fingerprint density at radius 3 is 2.65 bits per heavy atom. The van der Waals surface area contributed by atoms with Gasteiger partial charge in [0, 0.05) is 5.69 Å². The number of hydrogen-bond donors (Lipinski definition) is 1. The molecule has 0 spiro atoms. The van der Waals surface area contributed by atoms with Crippen molar-refractivity contribution in [2.75, 3.05) is 0 Å². The standard InChI is InChI=1S/C15H15N3O2/c1-5-7-11(6-2)18-14-13(10(4)17-18)12(15(19)20)8-9(3)16-14/h5-8H,1-2H2,3-4H3,(H,19,20)/b11-7+. The number of allylic oxidation sites excluding steroid dienone is 4. The molecule has 0 saturated heterocycles. The lowest BCUT2D eigenvalue weighted by Crippen LogP contribution is -2.02. The zero-order valence-electron chi connectivity index (χ0n) is 11.4. The van der Waals surface area contributed by atoms with Gasteiger partial charge in [-0.2, -0.15) is 5.10 Å². The third kappa shape index (κ3) is 2.14. The number of aromatic carboxylic acids is 1. The van der Waals surface area contributed by atoms with Crippen LogP contribution in [0, 0.1) is 13.8 Å². The first-order valence-electron chi connectivity index (χ1n) is 6.05. The predicted octanol–water partition coefficient (Wildman–Crippen LogP) is 2.96. The lowest BCUT2D eigenvalue weighted by atomic mass is 10.1. The van der Waals surface area contributed by atoms with Crippen LogP contribution in [0.3, 0.4) is 0 Å². The summed E-state index contributed by atoms with van der Waals surface area (Å²) in [5.41, 5.74) is 2.64. The van der Waals surface area contributed by atoms with E-state index in [9.17, 15) is 9.90 Å². The van der Waals surface area contributed by atoms with Crippen molar-refractivity contribution in [2.45, 2.75) is 13.8 Å². The minimum atomic E-state index is -0.990. The molecule has 102 valence electrons. The molecule has 0 aliphatic heterocycles. The molecular formula is C15H15N3O2. The number of rotatable bonds is 4. The fourth-order valence-corrected chi connectivity index (χ4v) is 2.11. The van der Waals surface area contributed by atoms with Gasteiger partial charge >= 0.3 is 5.97 Å². The molecule has 0 unspecified atom stereocenters. The number of carboxylic acid groups (broad SMARTS) is 1. The second kappa shape index (κ2) is 5.13. The molecule has 0 aliphatic carbocycles. The van der Waals surface area contributed by atoms with Crippen molar-refractivity contribution < 1.29 is 9.90 Å². The fourth-order valence-electron chi connectivity index (χ4n) is 2.11. The number of carboxylic acids is 1. The molecule has 0 aromatic carbocycles. The van der Waals surface area contributed by atoms with Crippen LogP contribution in [-0.2, 0) is 0 Å². The van der Waals surface area contributed by atoms with Crippen LogP contribution in [0.15, 0.2) is 37.5 Å². The van der Waals surface area contributed by atoms with E-state index in [1.54, 1.807) is 42.8 Å². The highest BCUT2D eigenvalue weighted by Gasteiger charge is 2.18. The van der Waals surface area contributed by atoms with Crippen LogP contribution >= 0.6 is 0 Å². The average molecular weight is 269 g/mol. The number of fused-ring (bicyclic) bond motifs is 1. The summed E-state index contributed by atoms with van der Waals surface area (Å²) in [6.07, 6.45) is 4.98. The molecule has 0 bridgehead atoms. The van der Waals surface area contributed by atoms with Crippen LogP contribution in [0.4, 0.5) is 0 Å². The Labute approximate surface area is 116 Å². The molecule has 0 radical (unpaired) electrons. The maximum Gasteiger partial charge on any atom is 0.336 e. The van der Waals surface area contributed by atoms with Crippen LogP contribution in [0.1, 0.15) is 21.7 Å². The summed E-state index contributed by atoms with van der Waals surface area (Å²) in [7, 11) is 0. The van der Waals surface area contributed by atoms with Gasteiger partial charge < -0.3 is 5.11 Å². The molecular weight excluding hydrogens is 254 g/mol. The van der Waals surface area contributed by atoms with Crippen molar-refractivity contribution in [3.63, 3.8) is 0 Å². The molecule has 2 aromatic heterocycles. The zero-order valence-corrected chi connectivity index (χ0v) is 11.4. The zero-order chi connectivity index (χ0) is 14.9. The van der Waals surface area contributed by atoms with Gasteiger partial charge in [0.2, 0.25) is 0 Å². The van der Waals surface area contributed by atoms with Gasteiger partial charge in [-0.05, 0) is 32.1 Å². The molecule has 0 atom stereocenters. The van der Waals surface area contributed by atoms with Crippen molar-refractivity contribution in [3.8, 4) is 0 Å². The van der Waals surface area contributed by atoms with E-state index >= 15 is 0 Å². The maximum atomic E-state index is 11.4. The highest BCUT2D eigenvalue weighted by Crippen LogP contribution is 2.24. The summed E-state index contributed by atoms with van der Waals surface area (Å²) in [6, 6.07) is 1.55. The highest BCUT2D eigenvalue weighted by atomic mass is 16.4. The first-order chi connectivity index (χ1) is 9.49. The topological polar surface area (TPSA) is 68.0 Å². The minimum absolute atomic E-state index is 0.207. The average Bonchev–Trinajstić information content (AvgIpc) is 2.72. The first-order valence-corrected chi connectivity index (χ1v) is 6.05. The molecule has 0 saturated carbocycles. The molecule has 0 amide bonds. The molecule has 2 heterocycles. The summed E-state index contributed by atoms with van der Waals surface area (Å²) >= 11 is 0. The van der Waals surface area contributed by atoms with E-state index in [0.717, 1.165) is 0 Å². The van der Waals surface area contributed by atoms with Crippen LogP contribution < -0.4 is 0 Å². The van der Waals surface area contributed by atoms with Crippen molar-refractivity contribution in [1.82, 2.24) is 14.8 Å². The summed E-state index contributed by atoms with van der Waals surface area (Å²) in [5.74, 6) is -0.990. The van der Waals surface area contributed by atoms with Gasteiger partial charge in [0.15, 0.2) is 5.65 Å². The summed E-state index contributed by atoms with van der Waals surface area (Å²) in [4.78, 5) is 15.8. The third-order valence-electron chi connectivity index (χ3n) is 2.91. The Kier molecular flexibility index (Phi) is 3.52. The predicted molar refractivity (Wildman–Crippen MR) is 78.6 cm³/mol.